The van der Waals surface area contributed by atoms with E-state index in [0.29, 0.717) is 5.92 Å². The molecule has 1 fully saturated rings. The second-order valence-corrected chi connectivity index (χ2v) is 5.72. The number of hydrogen-bond donors (Lipinski definition) is 2. The number of halogens is 1. The van der Waals surface area contributed by atoms with Crippen LogP contribution in [0.25, 0.3) is 11.0 Å². The Hall–Kier alpha value is -1.07. The van der Waals surface area contributed by atoms with Gasteiger partial charge in [-0.15, -0.1) is 0 Å². The molecule has 1 aromatic carbocycles. The number of rotatable bonds is 2. The van der Waals surface area contributed by atoms with Crippen LogP contribution < -0.4 is 11.0 Å². The van der Waals surface area contributed by atoms with Crippen LogP contribution in [0.2, 0.25) is 0 Å². The first-order valence-corrected chi connectivity index (χ1v) is 7.13. The lowest BCUT2D eigenvalue weighted by molar-refractivity contribution is 0.333. The van der Waals surface area contributed by atoms with Gasteiger partial charge in [0, 0.05) is 11.0 Å². The van der Waals surface area contributed by atoms with Gasteiger partial charge in [-0.3, -0.25) is 4.57 Å². The van der Waals surface area contributed by atoms with E-state index in [1.54, 1.807) is 0 Å². The highest BCUT2D eigenvalue weighted by Crippen LogP contribution is 2.22. The zero-order chi connectivity index (χ0) is 12.5. The number of aromatic amines is 1. The lowest BCUT2D eigenvalue weighted by Gasteiger charge is -2.22. The molecule has 1 aliphatic heterocycles. The first kappa shape index (κ1) is 12.0. The van der Waals surface area contributed by atoms with E-state index in [2.05, 4.69) is 26.2 Å². The minimum atomic E-state index is -0.00423. The van der Waals surface area contributed by atoms with Crippen LogP contribution in [0, 0.1) is 5.92 Å². The summed E-state index contributed by atoms with van der Waals surface area (Å²) >= 11 is 3.48. The summed E-state index contributed by atoms with van der Waals surface area (Å²) in [6, 6.07) is 5.92. The van der Waals surface area contributed by atoms with Crippen LogP contribution in [0.4, 0.5) is 0 Å². The van der Waals surface area contributed by atoms with Gasteiger partial charge in [0.15, 0.2) is 0 Å². The summed E-state index contributed by atoms with van der Waals surface area (Å²) in [6.07, 6.45) is 2.29. The van der Waals surface area contributed by atoms with Crippen molar-refractivity contribution >= 4 is 27.0 Å². The average molecular weight is 310 g/mol. The molecule has 0 amide bonds. The molecule has 1 aromatic heterocycles. The largest absolute Gasteiger partial charge is 0.326 e. The molecule has 0 aliphatic carbocycles. The van der Waals surface area contributed by atoms with E-state index in [0.717, 1.165) is 48.0 Å². The Morgan fingerprint density at radius 1 is 1.33 bits per heavy atom. The van der Waals surface area contributed by atoms with Gasteiger partial charge in [-0.1, -0.05) is 6.07 Å². The van der Waals surface area contributed by atoms with E-state index in [1.165, 1.54) is 0 Å². The number of aromatic nitrogens is 2. The fourth-order valence-corrected chi connectivity index (χ4v) is 3.10. The Morgan fingerprint density at radius 3 is 2.89 bits per heavy atom. The molecule has 0 spiro atoms. The van der Waals surface area contributed by atoms with Crippen molar-refractivity contribution in [3.63, 3.8) is 0 Å². The van der Waals surface area contributed by atoms with Crippen molar-refractivity contribution in [1.82, 2.24) is 14.9 Å². The van der Waals surface area contributed by atoms with Crippen LogP contribution in [-0.2, 0) is 6.54 Å². The molecular weight excluding hydrogens is 294 g/mol. The SMILES string of the molecule is O=c1[nH]c2c(Br)cccc2n1CC1CCNCC1. The molecule has 2 aromatic rings. The van der Waals surface area contributed by atoms with Crippen molar-refractivity contribution in [2.75, 3.05) is 13.1 Å². The van der Waals surface area contributed by atoms with Crippen LogP contribution in [0.15, 0.2) is 27.5 Å². The third-order valence-corrected chi connectivity index (χ3v) is 4.32. The van der Waals surface area contributed by atoms with Gasteiger partial charge in [0.1, 0.15) is 0 Å². The predicted octanol–water partition coefficient (Wildman–Crippen LogP) is 2.09. The molecule has 18 heavy (non-hydrogen) atoms. The Balaban J connectivity index is 1.98. The van der Waals surface area contributed by atoms with Crippen molar-refractivity contribution in [1.29, 1.82) is 0 Å². The zero-order valence-corrected chi connectivity index (χ0v) is 11.7. The number of benzene rings is 1. The van der Waals surface area contributed by atoms with Crippen LogP contribution in [0.3, 0.4) is 0 Å². The van der Waals surface area contributed by atoms with E-state index in [9.17, 15) is 4.79 Å². The molecule has 0 radical (unpaired) electrons. The fraction of sp³-hybridized carbons (Fsp3) is 0.462. The second kappa shape index (κ2) is 4.90. The Labute approximate surface area is 114 Å². The minimum absolute atomic E-state index is 0.00423. The summed E-state index contributed by atoms with van der Waals surface area (Å²) in [5.41, 5.74) is 1.89. The first-order chi connectivity index (χ1) is 8.75. The molecule has 1 aliphatic rings. The third kappa shape index (κ3) is 2.12. The average Bonchev–Trinajstić information content (AvgIpc) is 2.70. The predicted molar refractivity (Wildman–Crippen MR) is 75.9 cm³/mol. The third-order valence-electron chi connectivity index (χ3n) is 3.66. The van der Waals surface area contributed by atoms with Gasteiger partial charge in [0.2, 0.25) is 0 Å². The maximum Gasteiger partial charge on any atom is 0.326 e. The maximum absolute atomic E-state index is 12.0. The molecular formula is C13H16BrN3O. The number of para-hydroxylation sites is 1. The van der Waals surface area contributed by atoms with Crippen LogP contribution in [-0.4, -0.2) is 22.6 Å². The van der Waals surface area contributed by atoms with Crippen molar-refractivity contribution < 1.29 is 0 Å². The quantitative estimate of drug-likeness (QED) is 0.892. The minimum Gasteiger partial charge on any atom is -0.317 e. The molecule has 2 N–H and O–H groups in total. The number of nitrogens with one attached hydrogen (secondary N) is 2. The zero-order valence-electron chi connectivity index (χ0n) is 10.1. The number of nitrogens with zero attached hydrogens (tertiary/aromatic N) is 1. The summed E-state index contributed by atoms with van der Waals surface area (Å²) < 4.78 is 2.82. The Bertz CT molecular complexity index is 610. The van der Waals surface area contributed by atoms with Crippen LogP contribution in [0.5, 0.6) is 0 Å². The van der Waals surface area contributed by atoms with E-state index >= 15 is 0 Å². The van der Waals surface area contributed by atoms with Crippen molar-refractivity contribution in [3.05, 3.63) is 33.2 Å². The van der Waals surface area contributed by atoms with Crippen LogP contribution in [0.1, 0.15) is 12.8 Å². The summed E-state index contributed by atoms with van der Waals surface area (Å²) in [7, 11) is 0. The van der Waals surface area contributed by atoms with Crippen molar-refractivity contribution in [2.24, 2.45) is 5.92 Å². The normalized spacial score (nSPS) is 17.4. The molecule has 2 heterocycles. The number of imidazole rings is 1. The standard InChI is InChI=1S/C13H16BrN3O/c14-10-2-1-3-11-12(10)16-13(18)17(11)8-9-4-6-15-7-5-9/h1-3,9,15H,4-8H2,(H,16,18). The molecule has 3 rings (SSSR count). The number of fused-ring (bicyclic) bond motifs is 1. The topological polar surface area (TPSA) is 49.8 Å². The smallest absolute Gasteiger partial charge is 0.317 e. The van der Waals surface area contributed by atoms with Crippen molar-refractivity contribution in [3.8, 4) is 0 Å². The van der Waals surface area contributed by atoms with E-state index in [-0.39, 0.29) is 5.69 Å². The second-order valence-electron chi connectivity index (χ2n) is 4.87. The summed E-state index contributed by atoms with van der Waals surface area (Å²) in [5, 5.41) is 3.35. The van der Waals surface area contributed by atoms with Gasteiger partial charge >= 0.3 is 5.69 Å². The van der Waals surface area contributed by atoms with Gasteiger partial charge < -0.3 is 10.3 Å². The van der Waals surface area contributed by atoms with E-state index in [1.807, 2.05) is 22.8 Å². The molecule has 0 unspecified atom stereocenters. The summed E-state index contributed by atoms with van der Waals surface area (Å²) in [6.45, 7) is 2.94. The number of piperidine rings is 1. The molecule has 0 bridgehead atoms. The highest BCUT2D eigenvalue weighted by atomic mass is 79.9. The number of hydrogen-bond acceptors (Lipinski definition) is 2. The summed E-state index contributed by atoms with van der Waals surface area (Å²) in [4.78, 5) is 15.0. The van der Waals surface area contributed by atoms with Gasteiger partial charge in [-0.05, 0) is 59.9 Å². The number of H-pyrrole nitrogens is 1. The molecule has 5 heteroatoms. The molecule has 4 nitrogen and oxygen atoms in total. The highest BCUT2D eigenvalue weighted by molar-refractivity contribution is 9.10. The molecule has 1 saturated heterocycles. The maximum atomic E-state index is 12.0. The monoisotopic (exact) mass is 309 g/mol. The molecule has 96 valence electrons. The fourth-order valence-electron chi connectivity index (χ4n) is 2.65. The lowest BCUT2D eigenvalue weighted by atomic mass is 9.98. The van der Waals surface area contributed by atoms with E-state index < -0.39 is 0 Å². The Morgan fingerprint density at radius 2 is 2.11 bits per heavy atom. The molecule has 0 atom stereocenters. The van der Waals surface area contributed by atoms with Gasteiger partial charge in [-0.2, -0.15) is 0 Å². The Kier molecular flexibility index (Phi) is 3.26. The van der Waals surface area contributed by atoms with Crippen molar-refractivity contribution in [2.45, 2.75) is 19.4 Å². The van der Waals surface area contributed by atoms with Gasteiger partial charge in [0.25, 0.3) is 0 Å². The first-order valence-electron chi connectivity index (χ1n) is 6.33. The van der Waals surface area contributed by atoms with Gasteiger partial charge in [-0.25, -0.2) is 4.79 Å². The lowest BCUT2D eigenvalue weighted by Crippen LogP contribution is -2.31. The highest BCUT2D eigenvalue weighted by Gasteiger charge is 2.16. The van der Waals surface area contributed by atoms with Gasteiger partial charge in [0.05, 0.1) is 11.0 Å². The van der Waals surface area contributed by atoms with Crippen LogP contribution >= 0.6 is 15.9 Å². The molecule has 0 saturated carbocycles. The van der Waals surface area contributed by atoms with E-state index in [4.69, 9.17) is 0 Å². The summed E-state index contributed by atoms with van der Waals surface area (Å²) in [5.74, 6) is 0.599.